The van der Waals surface area contributed by atoms with E-state index < -0.39 is 12.1 Å². The van der Waals surface area contributed by atoms with E-state index in [1.165, 1.54) is 24.0 Å². The molecule has 0 atom stereocenters. The molecular formula is C9H7F3N4O3S. The fraction of sp³-hybridized carbons (Fsp3) is 0.222. The summed E-state index contributed by atoms with van der Waals surface area (Å²) in [6.45, 7) is 0. The molecule has 11 heteroatoms. The lowest BCUT2D eigenvalue weighted by Crippen LogP contribution is -2.21. The molecule has 0 aliphatic rings. The standard InChI is InChI=1S/C7H6N4OS.C2HF3O2/c1-13-7-9-5-4(12)2-3-8-6(5)10-11-7;3-2(4,5)1(6)7/h2-3H,1H3,(H,8,10,12);(H,6,7). The number of aromatic amines is 1. The van der Waals surface area contributed by atoms with Crippen LogP contribution in [0.25, 0.3) is 11.2 Å². The van der Waals surface area contributed by atoms with E-state index in [9.17, 15) is 18.0 Å². The highest BCUT2D eigenvalue weighted by Crippen LogP contribution is 2.13. The summed E-state index contributed by atoms with van der Waals surface area (Å²) in [5.41, 5.74) is 0.617. The zero-order valence-electron chi connectivity index (χ0n) is 9.80. The minimum atomic E-state index is -5.08. The number of nitrogens with zero attached hydrogens (tertiary/aromatic N) is 3. The SMILES string of the molecule is CSc1nnc2[nH]ccc(=O)c2n1.O=C(O)C(F)(F)F. The molecule has 0 saturated carbocycles. The number of aliphatic carboxylic acids is 1. The summed E-state index contributed by atoms with van der Waals surface area (Å²) in [4.78, 5) is 27.0. The maximum atomic E-state index is 11.3. The summed E-state index contributed by atoms with van der Waals surface area (Å²) < 4.78 is 31.7. The molecule has 20 heavy (non-hydrogen) atoms. The number of carboxylic acid groups (broad SMARTS) is 1. The fourth-order valence-electron chi connectivity index (χ4n) is 0.942. The highest BCUT2D eigenvalue weighted by atomic mass is 32.2. The van der Waals surface area contributed by atoms with Gasteiger partial charge in [0.15, 0.2) is 11.2 Å². The largest absolute Gasteiger partial charge is 0.490 e. The molecule has 0 spiro atoms. The Morgan fingerprint density at radius 2 is 2.00 bits per heavy atom. The molecule has 108 valence electrons. The van der Waals surface area contributed by atoms with Gasteiger partial charge in [-0.1, -0.05) is 11.8 Å². The predicted molar refractivity (Wildman–Crippen MR) is 63.4 cm³/mol. The van der Waals surface area contributed by atoms with Crippen molar-refractivity contribution in [2.45, 2.75) is 11.3 Å². The lowest BCUT2D eigenvalue weighted by atomic mass is 10.4. The number of carbonyl (C=O) groups is 1. The van der Waals surface area contributed by atoms with Crippen LogP contribution in [0.3, 0.4) is 0 Å². The third-order valence-corrected chi connectivity index (χ3v) is 2.32. The molecule has 7 nitrogen and oxygen atoms in total. The Bertz CT molecular complexity index is 673. The number of hydrogen-bond donors (Lipinski definition) is 2. The van der Waals surface area contributed by atoms with Gasteiger partial charge in [0.05, 0.1) is 0 Å². The van der Waals surface area contributed by atoms with E-state index in [-0.39, 0.29) is 5.43 Å². The molecular weight excluding hydrogens is 301 g/mol. The van der Waals surface area contributed by atoms with E-state index in [4.69, 9.17) is 9.90 Å². The first-order chi connectivity index (χ1) is 9.25. The molecule has 0 radical (unpaired) electrons. The molecule has 0 amide bonds. The van der Waals surface area contributed by atoms with Crippen molar-refractivity contribution in [3.63, 3.8) is 0 Å². The summed E-state index contributed by atoms with van der Waals surface area (Å²) in [6, 6.07) is 1.42. The Balaban J connectivity index is 0.000000246. The van der Waals surface area contributed by atoms with Crippen molar-refractivity contribution in [3.05, 3.63) is 22.5 Å². The van der Waals surface area contributed by atoms with Gasteiger partial charge < -0.3 is 10.1 Å². The lowest BCUT2D eigenvalue weighted by molar-refractivity contribution is -0.192. The topological polar surface area (TPSA) is 109 Å². The molecule has 2 rings (SSSR count). The van der Waals surface area contributed by atoms with Crippen molar-refractivity contribution < 1.29 is 23.1 Å². The van der Waals surface area contributed by atoms with Crippen LogP contribution in [0.2, 0.25) is 0 Å². The molecule has 2 N–H and O–H groups in total. The number of H-pyrrole nitrogens is 1. The van der Waals surface area contributed by atoms with Crippen LogP contribution in [0, 0.1) is 0 Å². The van der Waals surface area contributed by atoms with Crippen molar-refractivity contribution in [1.82, 2.24) is 20.2 Å². The highest BCUT2D eigenvalue weighted by Gasteiger charge is 2.38. The van der Waals surface area contributed by atoms with Crippen LogP contribution in [0.4, 0.5) is 13.2 Å². The van der Waals surface area contributed by atoms with E-state index in [1.807, 2.05) is 6.26 Å². The minimum absolute atomic E-state index is 0.140. The van der Waals surface area contributed by atoms with Crippen LogP contribution in [-0.4, -0.2) is 43.7 Å². The number of fused-ring (bicyclic) bond motifs is 1. The van der Waals surface area contributed by atoms with Crippen molar-refractivity contribution in [2.75, 3.05) is 6.26 Å². The van der Waals surface area contributed by atoms with Gasteiger partial charge in [-0.25, -0.2) is 9.78 Å². The molecule has 0 unspecified atom stereocenters. The van der Waals surface area contributed by atoms with Gasteiger partial charge in [0.1, 0.15) is 0 Å². The van der Waals surface area contributed by atoms with E-state index in [0.29, 0.717) is 16.3 Å². The van der Waals surface area contributed by atoms with Crippen molar-refractivity contribution in [1.29, 1.82) is 0 Å². The first-order valence-electron chi connectivity index (χ1n) is 4.82. The van der Waals surface area contributed by atoms with Gasteiger partial charge in [-0.15, -0.1) is 10.2 Å². The monoisotopic (exact) mass is 308 g/mol. The van der Waals surface area contributed by atoms with Crippen LogP contribution < -0.4 is 5.43 Å². The first kappa shape index (κ1) is 15.9. The number of carboxylic acids is 1. The first-order valence-corrected chi connectivity index (χ1v) is 6.04. The zero-order valence-corrected chi connectivity index (χ0v) is 10.6. The van der Waals surface area contributed by atoms with Gasteiger partial charge in [0.25, 0.3) is 0 Å². The fourth-order valence-corrected chi connectivity index (χ4v) is 1.25. The number of alkyl halides is 3. The summed E-state index contributed by atoms with van der Waals surface area (Å²) in [5, 5.41) is 15.3. The Morgan fingerprint density at radius 1 is 1.40 bits per heavy atom. The molecule has 0 fully saturated rings. The predicted octanol–water partition coefficient (Wildman–Crippen LogP) is 1.07. The average molecular weight is 308 g/mol. The summed E-state index contributed by atoms with van der Waals surface area (Å²) in [6.07, 6.45) is -1.72. The van der Waals surface area contributed by atoms with Gasteiger partial charge in [0, 0.05) is 12.3 Å². The normalized spacial score (nSPS) is 10.8. The third-order valence-electron chi connectivity index (χ3n) is 1.78. The van der Waals surface area contributed by atoms with Crippen molar-refractivity contribution >= 4 is 28.9 Å². The Morgan fingerprint density at radius 3 is 2.50 bits per heavy atom. The maximum absolute atomic E-state index is 11.3. The van der Waals surface area contributed by atoms with E-state index in [2.05, 4.69) is 20.2 Å². The number of pyridine rings is 1. The van der Waals surface area contributed by atoms with Gasteiger partial charge >= 0.3 is 12.1 Å². The van der Waals surface area contributed by atoms with Crippen LogP contribution in [0.5, 0.6) is 0 Å². The quantitative estimate of drug-likeness (QED) is 0.758. The molecule has 0 aliphatic heterocycles. The van der Waals surface area contributed by atoms with Crippen LogP contribution in [-0.2, 0) is 4.79 Å². The zero-order chi connectivity index (χ0) is 15.3. The molecule has 2 aromatic heterocycles. The Kier molecular flexibility index (Phi) is 5.02. The summed E-state index contributed by atoms with van der Waals surface area (Å²) in [7, 11) is 0. The summed E-state index contributed by atoms with van der Waals surface area (Å²) >= 11 is 1.35. The molecule has 0 saturated heterocycles. The Labute approximate surface area is 113 Å². The second kappa shape index (κ2) is 6.32. The number of thioether (sulfide) groups is 1. The van der Waals surface area contributed by atoms with Crippen LogP contribution in [0.1, 0.15) is 0 Å². The second-order valence-corrected chi connectivity index (χ2v) is 3.91. The minimum Gasteiger partial charge on any atom is -0.475 e. The molecule has 0 aliphatic carbocycles. The number of hydrogen-bond acceptors (Lipinski definition) is 6. The van der Waals surface area contributed by atoms with Crippen molar-refractivity contribution in [2.24, 2.45) is 0 Å². The van der Waals surface area contributed by atoms with E-state index in [0.717, 1.165) is 0 Å². The maximum Gasteiger partial charge on any atom is 0.490 e. The number of halogens is 3. The Hall–Kier alpha value is -2.17. The number of nitrogens with one attached hydrogen (secondary N) is 1. The third kappa shape index (κ3) is 4.19. The van der Waals surface area contributed by atoms with Gasteiger partial charge in [0.2, 0.25) is 10.6 Å². The van der Waals surface area contributed by atoms with E-state index >= 15 is 0 Å². The van der Waals surface area contributed by atoms with E-state index in [1.54, 1.807) is 0 Å². The van der Waals surface area contributed by atoms with Crippen LogP contribution in [0.15, 0.2) is 22.2 Å². The van der Waals surface area contributed by atoms with Gasteiger partial charge in [-0.3, -0.25) is 4.79 Å². The van der Waals surface area contributed by atoms with Crippen LogP contribution >= 0.6 is 11.8 Å². The highest BCUT2D eigenvalue weighted by molar-refractivity contribution is 7.98. The molecule has 0 aromatic carbocycles. The number of aromatic nitrogens is 4. The average Bonchev–Trinajstić information content (AvgIpc) is 2.38. The smallest absolute Gasteiger partial charge is 0.475 e. The second-order valence-electron chi connectivity index (χ2n) is 3.14. The number of rotatable bonds is 1. The molecule has 2 heterocycles. The van der Waals surface area contributed by atoms with Crippen molar-refractivity contribution in [3.8, 4) is 0 Å². The molecule has 2 aromatic rings. The van der Waals surface area contributed by atoms with Gasteiger partial charge in [-0.2, -0.15) is 13.2 Å². The molecule has 0 bridgehead atoms. The summed E-state index contributed by atoms with van der Waals surface area (Å²) in [5.74, 6) is -2.76. The van der Waals surface area contributed by atoms with Gasteiger partial charge in [-0.05, 0) is 6.26 Å². The lowest BCUT2D eigenvalue weighted by Gasteiger charge is -1.95.